The van der Waals surface area contributed by atoms with Crippen LogP contribution in [0.3, 0.4) is 0 Å². The first kappa shape index (κ1) is 13.4. The Morgan fingerprint density at radius 1 is 1.47 bits per heavy atom. The Kier molecular flexibility index (Phi) is 5.39. The lowest BCUT2D eigenvalue weighted by Crippen LogP contribution is -2.57. The molecule has 0 aromatic rings. The Labute approximate surface area is 110 Å². The predicted molar refractivity (Wildman–Crippen MR) is 77.7 cm³/mol. The maximum atomic E-state index is 3.78. The zero-order valence-corrected chi connectivity index (χ0v) is 11.8. The number of rotatable bonds is 7. The van der Waals surface area contributed by atoms with Crippen molar-refractivity contribution in [1.82, 2.24) is 10.2 Å². The second kappa shape index (κ2) is 6.81. The zero-order chi connectivity index (χ0) is 12.1. The largest absolute Gasteiger partial charge is 0.311 e. The number of piperazine rings is 1. The second-order valence-corrected chi connectivity index (χ2v) is 6.42. The molecule has 1 heterocycles. The van der Waals surface area contributed by atoms with E-state index in [1.165, 1.54) is 44.6 Å². The van der Waals surface area contributed by atoms with Gasteiger partial charge in [0.25, 0.3) is 0 Å². The van der Waals surface area contributed by atoms with E-state index in [1.807, 2.05) is 17.8 Å². The van der Waals surface area contributed by atoms with Crippen LogP contribution in [-0.2, 0) is 0 Å². The molecule has 1 N–H and O–H groups in total. The summed E-state index contributed by atoms with van der Waals surface area (Å²) in [6.45, 7) is 9.81. The van der Waals surface area contributed by atoms with E-state index < -0.39 is 0 Å². The average molecular weight is 254 g/mol. The molecule has 1 aliphatic heterocycles. The molecule has 3 heteroatoms. The molecule has 0 aromatic carbocycles. The molecule has 1 saturated carbocycles. The SMILES string of the molecule is C=CCSCCN1CC(C2CC2)NCC1CC. The minimum atomic E-state index is 0.759. The van der Waals surface area contributed by atoms with Gasteiger partial charge >= 0.3 is 0 Å². The average Bonchev–Trinajstić information content (AvgIpc) is 3.18. The van der Waals surface area contributed by atoms with E-state index in [4.69, 9.17) is 0 Å². The van der Waals surface area contributed by atoms with E-state index in [0.717, 1.165) is 23.8 Å². The molecule has 1 aliphatic carbocycles. The fourth-order valence-corrected chi connectivity index (χ4v) is 3.42. The third-order valence-electron chi connectivity index (χ3n) is 3.98. The molecule has 2 fully saturated rings. The monoisotopic (exact) mass is 254 g/mol. The van der Waals surface area contributed by atoms with Crippen molar-refractivity contribution in [3.05, 3.63) is 12.7 Å². The summed E-state index contributed by atoms with van der Waals surface area (Å²) in [7, 11) is 0. The first-order chi connectivity index (χ1) is 8.35. The fraction of sp³-hybridized carbons (Fsp3) is 0.857. The third kappa shape index (κ3) is 4.01. The standard InChI is InChI=1S/C14H26N2S/c1-3-8-17-9-7-16-11-14(12-5-6-12)15-10-13(16)4-2/h3,12-15H,1,4-11H2,2H3. The maximum Gasteiger partial charge on any atom is 0.0224 e. The second-order valence-electron chi connectivity index (χ2n) is 5.27. The van der Waals surface area contributed by atoms with Crippen molar-refractivity contribution >= 4 is 11.8 Å². The Morgan fingerprint density at radius 2 is 2.29 bits per heavy atom. The lowest BCUT2D eigenvalue weighted by atomic mass is 10.0. The molecule has 2 nitrogen and oxygen atoms in total. The fourth-order valence-electron chi connectivity index (χ4n) is 2.72. The van der Waals surface area contributed by atoms with Gasteiger partial charge in [-0.15, -0.1) is 6.58 Å². The van der Waals surface area contributed by atoms with Gasteiger partial charge in [-0.05, 0) is 25.2 Å². The van der Waals surface area contributed by atoms with Gasteiger partial charge in [0.1, 0.15) is 0 Å². The maximum absolute atomic E-state index is 3.78. The van der Waals surface area contributed by atoms with Crippen molar-refractivity contribution in [2.45, 2.75) is 38.3 Å². The van der Waals surface area contributed by atoms with Crippen molar-refractivity contribution in [3.8, 4) is 0 Å². The number of hydrogen-bond donors (Lipinski definition) is 1. The third-order valence-corrected chi connectivity index (χ3v) is 4.93. The van der Waals surface area contributed by atoms with Crippen LogP contribution in [0.1, 0.15) is 26.2 Å². The molecule has 2 rings (SSSR count). The molecule has 1 saturated heterocycles. The van der Waals surface area contributed by atoms with Crippen LogP contribution in [-0.4, -0.2) is 48.1 Å². The van der Waals surface area contributed by atoms with Gasteiger partial charge in [0.15, 0.2) is 0 Å². The molecule has 98 valence electrons. The van der Waals surface area contributed by atoms with Crippen molar-refractivity contribution in [3.63, 3.8) is 0 Å². The van der Waals surface area contributed by atoms with Gasteiger partial charge in [0.05, 0.1) is 0 Å². The van der Waals surface area contributed by atoms with Crippen molar-refractivity contribution in [2.24, 2.45) is 5.92 Å². The molecule has 0 bridgehead atoms. The first-order valence-corrected chi connectivity index (χ1v) is 8.16. The van der Waals surface area contributed by atoms with E-state index in [9.17, 15) is 0 Å². The molecule has 0 radical (unpaired) electrons. The van der Waals surface area contributed by atoms with Crippen molar-refractivity contribution < 1.29 is 0 Å². The highest BCUT2D eigenvalue weighted by atomic mass is 32.2. The van der Waals surface area contributed by atoms with E-state index in [-0.39, 0.29) is 0 Å². The van der Waals surface area contributed by atoms with Gasteiger partial charge in [-0.3, -0.25) is 4.90 Å². The van der Waals surface area contributed by atoms with E-state index in [2.05, 4.69) is 23.7 Å². The number of hydrogen-bond acceptors (Lipinski definition) is 3. The predicted octanol–water partition coefficient (Wildman–Crippen LogP) is 2.37. The quantitative estimate of drug-likeness (QED) is 0.555. The summed E-state index contributed by atoms with van der Waals surface area (Å²) in [5, 5.41) is 3.75. The van der Waals surface area contributed by atoms with Crippen LogP contribution in [0.5, 0.6) is 0 Å². The molecule has 0 aromatic heterocycles. The summed E-state index contributed by atoms with van der Waals surface area (Å²) in [6.07, 6.45) is 6.18. The highest BCUT2D eigenvalue weighted by Gasteiger charge is 2.36. The highest BCUT2D eigenvalue weighted by Crippen LogP contribution is 2.34. The van der Waals surface area contributed by atoms with E-state index in [0.29, 0.717) is 0 Å². The molecular weight excluding hydrogens is 228 g/mol. The van der Waals surface area contributed by atoms with Gasteiger partial charge in [-0.1, -0.05) is 13.0 Å². The molecular formula is C14H26N2S. The topological polar surface area (TPSA) is 15.3 Å². The Bertz CT molecular complexity index is 240. The van der Waals surface area contributed by atoms with Gasteiger partial charge in [-0.2, -0.15) is 11.8 Å². The summed E-state index contributed by atoms with van der Waals surface area (Å²) in [6, 6.07) is 1.54. The van der Waals surface area contributed by atoms with Crippen LogP contribution in [0.25, 0.3) is 0 Å². The van der Waals surface area contributed by atoms with Crippen LogP contribution in [0.15, 0.2) is 12.7 Å². The number of nitrogens with zero attached hydrogens (tertiary/aromatic N) is 1. The van der Waals surface area contributed by atoms with Crippen LogP contribution >= 0.6 is 11.8 Å². The number of nitrogens with one attached hydrogen (secondary N) is 1. The van der Waals surface area contributed by atoms with E-state index in [1.54, 1.807) is 0 Å². The van der Waals surface area contributed by atoms with Gasteiger partial charge in [-0.25, -0.2) is 0 Å². The lowest BCUT2D eigenvalue weighted by molar-refractivity contribution is 0.127. The minimum absolute atomic E-state index is 0.759. The minimum Gasteiger partial charge on any atom is -0.311 e. The summed E-state index contributed by atoms with van der Waals surface area (Å²) in [5.41, 5.74) is 0. The summed E-state index contributed by atoms with van der Waals surface area (Å²) < 4.78 is 0. The summed E-state index contributed by atoms with van der Waals surface area (Å²) >= 11 is 2.00. The molecule has 17 heavy (non-hydrogen) atoms. The van der Waals surface area contributed by atoms with Gasteiger partial charge in [0.2, 0.25) is 0 Å². The number of thioether (sulfide) groups is 1. The summed E-state index contributed by atoms with van der Waals surface area (Å²) in [5.74, 6) is 3.32. The van der Waals surface area contributed by atoms with Crippen molar-refractivity contribution in [1.29, 1.82) is 0 Å². The lowest BCUT2D eigenvalue weighted by Gasteiger charge is -2.40. The highest BCUT2D eigenvalue weighted by molar-refractivity contribution is 7.99. The first-order valence-electron chi connectivity index (χ1n) is 7.01. The summed E-state index contributed by atoms with van der Waals surface area (Å²) in [4.78, 5) is 2.72. The van der Waals surface area contributed by atoms with Crippen LogP contribution in [0.4, 0.5) is 0 Å². The van der Waals surface area contributed by atoms with Gasteiger partial charge in [0, 0.05) is 43.2 Å². The normalized spacial score (nSPS) is 30.4. The smallest absolute Gasteiger partial charge is 0.0224 e. The molecule has 0 spiro atoms. The van der Waals surface area contributed by atoms with Crippen molar-refractivity contribution in [2.75, 3.05) is 31.1 Å². The van der Waals surface area contributed by atoms with Gasteiger partial charge < -0.3 is 5.32 Å². The molecule has 2 atom stereocenters. The Hall–Kier alpha value is 0.01000. The molecule has 2 unspecified atom stereocenters. The Morgan fingerprint density at radius 3 is 2.94 bits per heavy atom. The molecule has 2 aliphatic rings. The van der Waals surface area contributed by atoms with Crippen LogP contribution < -0.4 is 5.32 Å². The van der Waals surface area contributed by atoms with Crippen LogP contribution in [0, 0.1) is 5.92 Å². The zero-order valence-electron chi connectivity index (χ0n) is 11.0. The Balaban J connectivity index is 1.75. The van der Waals surface area contributed by atoms with E-state index >= 15 is 0 Å². The molecule has 0 amide bonds. The van der Waals surface area contributed by atoms with Crippen LogP contribution in [0.2, 0.25) is 0 Å².